The first-order valence-corrected chi connectivity index (χ1v) is 22.7. The Morgan fingerprint density at radius 2 is 0.519 bits per heavy atom. The van der Waals surface area contributed by atoms with Gasteiger partial charge < -0.3 is 10.2 Å². The van der Waals surface area contributed by atoms with E-state index in [-0.39, 0.29) is 49.2 Å². The van der Waals surface area contributed by atoms with E-state index in [9.17, 15) is 10.2 Å². The summed E-state index contributed by atoms with van der Waals surface area (Å²) in [6.07, 6.45) is 45.7. The second-order valence-electron chi connectivity index (χ2n) is 16.1. The number of hydrogen-bond donors (Lipinski definition) is 0. The van der Waals surface area contributed by atoms with Gasteiger partial charge >= 0.3 is 37.7 Å². The van der Waals surface area contributed by atoms with Crippen LogP contribution in [-0.2, 0) is 19.3 Å². The molecule has 0 unspecified atom stereocenters. The molecule has 0 fully saturated rings. The minimum Gasteiger partial charge on any atom is -0.872 e. The van der Waals surface area contributed by atoms with Crippen LogP contribution in [0.15, 0.2) is 36.4 Å². The Hall–Kier alpha value is -0.700. The van der Waals surface area contributed by atoms with Crippen molar-refractivity contribution in [1.82, 2.24) is 0 Å². The molecule has 0 saturated heterocycles. The SMILES string of the molecule is CCCCCCCCCCCCCCCCCCc1cccc(Cc2cccc(CCCCCCCCCCCCCCCCCC)c2[O-])c1[O-].[Ca+2]. The molecular formula is C49H82CaO2. The Morgan fingerprint density at radius 1 is 0.308 bits per heavy atom. The summed E-state index contributed by atoms with van der Waals surface area (Å²) in [5.74, 6) is 0.308. The van der Waals surface area contributed by atoms with Crippen molar-refractivity contribution >= 4 is 37.7 Å². The van der Waals surface area contributed by atoms with Gasteiger partial charge in [-0.05, 0) is 32.1 Å². The fraction of sp³-hybridized carbons (Fsp3) is 0.755. The first kappa shape index (κ1) is 49.3. The predicted molar refractivity (Wildman–Crippen MR) is 227 cm³/mol. The van der Waals surface area contributed by atoms with E-state index in [0.29, 0.717) is 6.42 Å². The van der Waals surface area contributed by atoms with Gasteiger partial charge in [-0.15, -0.1) is 11.5 Å². The molecule has 2 rings (SSSR count). The zero-order valence-corrected chi connectivity index (χ0v) is 36.9. The van der Waals surface area contributed by atoms with Gasteiger partial charge in [-0.2, -0.15) is 0 Å². The quantitative estimate of drug-likeness (QED) is 0.0515. The van der Waals surface area contributed by atoms with Gasteiger partial charge in [0.05, 0.1) is 0 Å². The number of unbranched alkanes of at least 4 members (excludes halogenated alkanes) is 30. The van der Waals surface area contributed by atoms with Crippen LogP contribution < -0.4 is 10.2 Å². The van der Waals surface area contributed by atoms with E-state index in [2.05, 4.69) is 13.8 Å². The predicted octanol–water partition coefficient (Wildman–Crippen LogP) is 14.7. The van der Waals surface area contributed by atoms with Crippen molar-refractivity contribution in [2.45, 2.75) is 239 Å². The van der Waals surface area contributed by atoms with Crippen molar-refractivity contribution in [2.24, 2.45) is 0 Å². The van der Waals surface area contributed by atoms with E-state index in [1.165, 1.54) is 193 Å². The molecule has 0 saturated carbocycles. The van der Waals surface area contributed by atoms with Crippen LogP contribution in [0, 0.1) is 0 Å². The summed E-state index contributed by atoms with van der Waals surface area (Å²) in [7, 11) is 0. The first-order valence-electron chi connectivity index (χ1n) is 22.7. The van der Waals surface area contributed by atoms with E-state index in [4.69, 9.17) is 0 Å². The van der Waals surface area contributed by atoms with Crippen LogP contribution in [0.4, 0.5) is 0 Å². The average Bonchev–Trinajstić information content (AvgIpc) is 3.14. The minimum absolute atomic E-state index is 0. The van der Waals surface area contributed by atoms with E-state index < -0.39 is 0 Å². The monoisotopic (exact) mass is 743 g/mol. The molecule has 0 aliphatic heterocycles. The van der Waals surface area contributed by atoms with Crippen molar-refractivity contribution < 1.29 is 10.2 Å². The van der Waals surface area contributed by atoms with Crippen LogP contribution in [0.25, 0.3) is 0 Å². The maximum atomic E-state index is 13.3. The van der Waals surface area contributed by atoms with Crippen LogP contribution in [-0.4, -0.2) is 37.7 Å². The molecule has 0 bridgehead atoms. The molecule has 0 aliphatic carbocycles. The summed E-state index contributed by atoms with van der Waals surface area (Å²) in [4.78, 5) is 0. The summed E-state index contributed by atoms with van der Waals surface area (Å²) >= 11 is 0. The third-order valence-corrected chi connectivity index (χ3v) is 11.3. The standard InChI is InChI=1S/C49H84O2.Ca/c1-3-5-7-9-11-13-15-17-19-21-23-25-27-29-31-33-37-44-39-35-41-46(48(44)50)43-47-42-36-40-45(49(47)51)38-34-32-30-28-26-24-22-20-18-16-14-12-10-8-6-4-2;/h35-36,39-42,50-51H,3-34,37-38,43H2,1-2H3;/q;+2/p-2. The molecule has 0 heterocycles. The Morgan fingerprint density at radius 3 is 0.769 bits per heavy atom. The summed E-state index contributed by atoms with van der Waals surface area (Å²) in [5.41, 5.74) is 3.41. The summed E-state index contributed by atoms with van der Waals surface area (Å²) in [6.45, 7) is 4.58. The third kappa shape index (κ3) is 25.4. The van der Waals surface area contributed by atoms with Gasteiger partial charge in [-0.3, -0.25) is 0 Å². The molecule has 0 atom stereocenters. The molecule has 52 heavy (non-hydrogen) atoms. The van der Waals surface area contributed by atoms with Gasteiger partial charge in [-0.1, -0.05) is 265 Å². The fourth-order valence-electron chi connectivity index (χ4n) is 7.88. The summed E-state index contributed by atoms with van der Waals surface area (Å²) in [6, 6.07) is 11.9. The van der Waals surface area contributed by atoms with Crippen molar-refractivity contribution in [3.05, 3.63) is 58.7 Å². The Bertz CT molecular complexity index is 982. The Labute approximate surface area is 354 Å². The summed E-state index contributed by atoms with van der Waals surface area (Å²) in [5, 5.41) is 26.6. The van der Waals surface area contributed by atoms with Crippen LogP contribution in [0.3, 0.4) is 0 Å². The molecule has 0 amide bonds. The Balaban J connectivity index is 0.0000135. The van der Waals surface area contributed by atoms with E-state index in [1.54, 1.807) is 0 Å². The third-order valence-electron chi connectivity index (χ3n) is 11.3. The fourth-order valence-corrected chi connectivity index (χ4v) is 7.88. The number of aryl methyl sites for hydroxylation is 2. The van der Waals surface area contributed by atoms with Gasteiger partial charge in [0.25, 0.3) is 0 Å². The van der Waals surface area contributed by atoms with Gasteiger partial charge in [0, 0.05) is 0 Å². The molecule has 0 aromatic heterocycles. The van der Waals surface area contributed by atoms with E-state index in [1.807, 2.05) is 36.4 Å². The maximum absolute atomic E-state index is 13.3. The smallest absolute Gasteiger partial charge is 0.872 e. The number of hydrogen-bond acceptors (Lipinski definition) is 2. The molecule has 2 aromatic rings. The zero-order valence-electron chi connectivity index (χ0n) is 34.7. The number of rotatable bonds is 36. The topological polar surface area (TPSA) is 46.1 Å². The van der Waals surface area contributed by atoms with Crippen molar-refractivity contribution in [2.75, 3.05) is 0 Å². The van der Waals surface area contributed by atoms with Crippen LogP contribution in [0.1, 0.15) is 242 Å². The van der Waals surface area contributed by atoms with Crippen molar-refractivity contribution in [3.63, 3.8) is 0 Å². The largest absolute Gasteiger partial charge is 2.00 e. The molecule has 0 radical (unpaired) electrons. The van der Waals surface area contributed by atoms with Gasteiger partial charge in [0.15, 0.2) is 0 Å². The van der Waals surface area contributed by atoms with Crippen molar-refractivity contribution in [3.8, 4) is 11.5 Å². The van der Waals surface area contributed by atoms with Gasteiger partial charge in [0.1, 0.15) is 0 Å². The molecule has 2 nitrogen and oxygen atoms in total. The number of benzene rings is 2. The van der Waals surface area contributed by atoms with Crippen molar-refractivity contribution in [1.29, 1.82) is 0 Å². The molecule has 0 aliphatic rings. The first-order chi connectivity index (χ1) is 25.2. The number of para-hydroxylation sites is 2. The van der Waals surface area contributed by atoms with E-state index >= 15 is 0 Å². The second-order valence-corrected chi connectivity index (χ2v) is 16.1. The summed E-state index contributed by atoms with van der Waals surface area (Å²) < 4.78 is 0. The van der Waals surface area contributed by atoms with Crippen LogP contribution in [0.5, 0.6) is 11.5 Å². The minimum atomic E-state index is 0. The molecule has 2 aromatic carbocycles. The maximum Gasteiger partial charge on any atom is 2.00 e. The molecule has 3 heteroatoms. The molecule has 292 valence electrons. The Kier molecular flexibility index (Phi) is 34.1. The second kappa shape index (κ2) is 36.0. The zero-order chi connectivity index (χ0) is 36.5. The molecule has 0 N–H and O–H groups in total. The van der Waals surface area contributed by atoms with Gasteiger partial charge in [0.2, 0.25) is 0 Å². The normalized spacial score (nSPS) is 11.3. The van der Waals surface area contributed by atoms with Crippen LogP contribution >= 0.6 is 0 Å². The van der Waals surface area contributed by atoms with Crippen LogP contribution in [0.2, 0.25) is 0 Å². The average molecular weight is 743 g/mol. The van der Waals surface area contributed by atoms with Gasteiger partial charge in [-0.25, -0.2) is 0 Å². The molecular weight excluding hydrogens is 661 g/mol. The van der Waals surface area contributed by atoms with E-state index in [0.717, 1.165) is 47.9 Å². The molecule has 0 spiro atoms.